The molecule has 102 valence electrons. The SMILES string of the molecule is C=C(C)C1=C(C(=C)O)C(=O)c2c(C)ccc([OH2+])c2C1=O. The predicted molar refractivity (Wildman–Crippen MR) is 76.5 cm³/mol. The summed E-state index contributed by atoms with van der Waals surface area (Å²) in [6.45, 7) is 10.3. The Morgan fingerprint density at radius 2 is 1.65 bits per heavy atom. The molecule has 20 heavy (non-hydrogen) atoms. The minimum Gasteiger partial charge on any atom is -0.593 e. The van der Waals surface area contributed by atoms with Gasteiger partial charge in [0.1, 0.15) is 11.3 Å². The number of carbonyl (C=O) groups is 2. The Hall–Kier alpha value is -2.62. The molecule has 1 aliphatic rings. The summed E-state index contributed by atoms with van der Waals surface area (Å²) in [6.07, 6.45) is 0. The third-order valence-corrected chi connectivity index (χ3v) is 3.29. The Kier molecular flexibility index (Phi) is 3.10. The molecule has 0 aliphatic heterocycles. The number of aryl methyl sites for hydroxylation is 1. The zero-order valence-electron chi connectivity index (χ0n) is 11.3. The van der Waals surface area contributed by atoms with Gasteiger partial charge in [0, 0.05) is 17.2 Å². The third-order valence-electron chi connectivity index (χ3n) is 3.29. The second-order valence-corrected chi connectivity index (χ2v) is 4.82. The molecule has 0 unspecified atom stereocenters. The van der Waals surface area contributed by atoms with Gasteiger partial charge in [0.05, 0.1) is 5.57 Å². The number of hydrogen-bond acceptors (Lipinski definition) is 3. The number of ketones is 2. The molecule has 0 saturated heterocycles. The molecule has 0 spiro atoms. The van der Waals surface area contributed by atoms with Crippen LogP contribution in [0.25, 0.3) is 0 Å². The Labute approximate surface area is 116 Å². The average molecular weight is 271 g/mol. The highest BCUT2D eigenvalue weighted by atomic mass is 16.3. The van der Waals surface area contributed by atoms with E-state index < -0.39 is 17.3 Å². The highest BCUT2D eigenvalue weighted by Crippen LogP contribution is 2.37. The van der Waals surface area contributed by atoms with Crippen LogP contribution in [0.5, 0.6) is 5.75 Å². The van der Waals surface area contributed by atoms with Crippen LogP contribution in [0.3, 0.4) is 0 Å². The molecule has 4 heteroatoms. The zero-order chi connectivity index (χ0) is 15.2. The lowest BCUT2D eigenvalue weighted by atomic mass is 9.79. The van der Waals surface area contributed by atoms with E-state index in [9.17, 15) is 14.7 Å². The molecule has 1 aromatic carbocycles. The normalized spacial score (nSPS) is 14.3. The number of hydrogen-bond donors (Lipinski definition) is 1. The van der Waals surface area contributed by atoms with Crippen LogP contribution in [0.15, 0.2) is 47.8 Å². The number of aliphatic hydroxyl groups excluding tert-OH is 1. The molecular weight excluding hydrogens is 256 g/mol. The van der Waals surface area contributed by atoms with Gasteiger partial charge in [0.15, 0.2) is 5.78 Å². The van der Waals surface area contributed by atoms with Crippen molar-refractivity contribution in [3.63, 3.8) is 0 Å². The van der Waals surface area contributed by atoms with E-state index in [1.807, 2.05) is 0 Å². The number of aliphatic hydroxyl groups is 1. The highest BCUT2D eigenvalue weighted by Gasteiger charge is 2.38. The Balaban J connectivity index is 2.91. The largest absolute Gasteiger partial charge is 0.593 e. The topological polar surface area (TPSA) is 77.3 Å². The van der Waals surface area contributed by atoms with Gasteiger partial charge in [0.25, 0.3) is 5.75 Å². The van der Waals surface area contributed by atoms with Crippen LogP contribution >= 0.6 is 0 Å². The van der Waals surface area contributed by atoms with Crippen LogP contribution in [0.2, 0.25) is 0 Å². The van der Waals surface area contributed by atoms with Crippen molar-refractivity contribution in [1.29, 1.82) is 0 Å². The van der Waals surface area contributed by atoms with Gasteiger partial charge in [-0.1, -0.05) is 13.2 Å². The van der Waals surface area contributed by atoms with Crippen LogP contribution in [-0.2, 0) is 0 Å². The maximum atomic E-state index is 12.5. The van der Waals surface area contributed by atoms with Gasteiger partial charge in [-0.05, 0) is 31.1 Å². The van der Waals surface area contributed by atoms with E-state index in [1.165, 1.54) is 6.07 Å². The van der Waals surface area contributed by atoms with Crippen molar-refractivity contribution in [2.75, 3.05) is 0 Å². The van der Waals surface area contributed by atoms with Gasteiger partial charge in [-0.25, -0.2) is 0 Å². The second kappa shape index (κ2) is 4.49. The minimum atomic E-state index is -0.489. The zero-order valence-corrected chi connectivity index (χ0v) is 11.3. The first-order chi connectivity index (χ1) is 9.27. The van der Waals surface area contributed by atoms with Gasteiger partial charge in [-0.2, -0.15) is 0 Å². The Morgan fingerprint density at radius 3 is 2.15 bits per heavy atom. The maximum Gasteiger partial charge on any atom is 0.266 e. The highest BCUT2D eigenvalue weighted by molar-refractivity contribution is 6.31. The number of Topliss-reactive ketones (excluding diaryl/α,β-unsaturated/α-hetero) is 2. The van der Waals surface area contributed by atoms with Crippen molar-refractivity contribution in [2.24, 2.45) is 0 Å². The van der Waals surface area contributed by atoms with Gasteiger partial charge in [-0.3, -0.25) is 9.59 Å². The number of allylic oxidation sites excluding steroid dienone is 3. The summed E-state index contributed by atoms with van der Waals surface area (Å²) in [4.78, 5) is 25.1. The molecule has 1 aromatic rings. The predicted octanol–water partition coefficient (Wildman–Crippen LogP) is 2.76. The molecule has 3 N–H and O–H groups in total. The lowest BCUT2D eigenvalue weighted by Gasteiger charge is -2.21. The van der Waals surface area contributed by atoms with Gasteiger partial charge < -0.3 is 10.2 Å². The molecule has 0 aromatic heterocycles. The van der Waals surface area contributed by atoms with E-state index in [1.54, 1.807) is 19.9 Å². The van der Waals surface area contributed by atoms with Crippen LogP contribution in [0, 0.1) is 6.92 Å². The second-order valence-electron chi connectivity index (χ2n) is 4.82. The molecule has 0 amide bonds. The van der Waals surface area contributed by atoms with Crippen LogP contribution in [0.1, 0.15) is 33.2 Å². The Bertz CT molecular complexity index is 659. The van der Waals surface area contributed by atoms with Crippen molar-refractivity contribution in [3.05, 3.63) is 64.5 Å². The molecule has 0 heterocycles. The van der Waals surface area contributed by atoms with E-state index >= 15 is 0 Å². The monoisotopic (exact) mass is 271 g/mol. The van der Waals surface area contributed by atoms with E-state index in [4.69, 9.17) is 5.11 Å². The standard InChI is InChI=1S/C16H14O4/c1-7(2)11-13(9(4)17)16(20)12-8(3)5-6-10(18)14(12)15(11)19/h5-6,17-18H,1,4H2,2-3H3/p+1. The summed E-state index contributed by atoms with van der Waals surface area (Å²) in [5.41, 5.74) is 1.10. The molecule has 2 rings (SSSR count). The van der Waals surface area contributed by atoms with E-state index in [-0.39, 0.29) is 28.0 Å². The molecule has 4 nitrogen and oxygen atoms in total. The fourth-order valence-electron chi connectivity index (χ4n) is 2.39. The number of carbonyl (C=O) groups excluding carboxylic acids is 2. The van der Waals surface area contributed by atoms with Crippen LogP contribution in [0.4, 0.5) is 0 Å². The first kappa shape index (κ1) is 13.8. The summed E-state index contributed by atoms with van der Waals surface area (Å²) in [5.74, 6) is -1.42. The average Bonchev–Trinajstić information content (AvgIpc) is 2.35. The number of rotatable bonds is 2. The quantitative estimate of drug-likeness (QED) is 0.663. The van der Waals surface area contributed by atoms with Gasteiger partial charge >= 0.3 is 0 Å². The van der Waals surface area contributed by atoms with Crippen molar-refractivity contribution in [3.8, 4) is 5.75 Å². The van der Waals surface area contributed by atoms with E-state index in [0.717, 1.165) is 0 Å². The summed E-state index contributed by atoms with van der Waals surface area (Å²) >= 11 is 0. The molecule has 0 atom stereocenters. The molecule has 0 radical (unpaired) electrons. The minimum absolute atomic E-state index is 0.00898. The van der Waals surface area contributed by atoms with Crippen LogP contribution < -0.4 is 0 Å². The number of benzene rings is 1. The summed E-state index contributed by atoms with van der Waals surface area (Å²) in [5, 5.41) is 17.5. The van der Waals surface area contributed by atoms with Crippen LogP contribution in [-0.4, -0.2) is 21.8 Å². The first-order valence-corrected chi connectivity index (χ1v) is 6.00. The summed E-state index contributed by atoms with van der Waals surface area (Å²) in [6, 6.07) is 3.09. The lowest BCUT2D eigenvalue weighted by molar-refractivity contribution is 0.0970. The van der Waals surface area contributed by atoms with Crippen molar-refractivity contribution >= 4 is 11.6 Å². The maximum absolute atomic E-state index is 12.5. The molecule has 0 bridgehead atoms. The van der Waals surface area contributed by atoms with Crippen molar-refractivity contribution in [2.45, 2.75) is 13.8 Å². The lowest BCUT2D eigenvalue weighted by Crippen LogP contribution is -2.24. The number of fused-ring (bicyclic) bond motifs is 1. The third kappa shape index (κ3) is 1.77. The molecule has 0 fully saturated rings. The van der Waals surface area contributed by atoms with Gasteiger partial charge in [-0.15, -0.1) is 0 Å². The van der Waals surface area contributed by atoms with E-state index in [0.29, 0.717) is 11.1 Å². The summed E-state index contributed by atoms with van der Waals surface area (Å²) in [7, 11) is 0. The summed E-state index contributed by atoms with van der Waals surface area (Å²) < 4.78 is 0. The van der Waals surface area contributed by atoms with E-state index in [2.05, 4.69) is 13.2 Å². The Morgan fingerprint density at radius 1 is 1.10 bits per heavy atom. The fourth-order valence-corrected chi connectivity index (χ4v) is 2.39. The smallest absolute Gasteiger partial charge is 0.266 e. The fraction of sp³-hybridized carbons (Fsp3) is 0.125. The van der Waals surface area contributed by atoms with Gasteiger partial charge in [0.2, 0.25) is 5.78 Å². The molecule has 1 aliphatic carbocycles. The molecular formula is C16H15O4+. The molecule has 0 saturated carbocycles. The van der Waals surface area contributed by atoms with Crippen molar-refractivity contribution < 1.29 is 19.8 Å². The van der Waals surface area contributed by atoms with Crippen molar-refractivity contribution in [1.82, 2.24) is 0 Å². The first-order valence-electron chi connectivity index (χ1n) is 6.00.